The normalized spacial score (nSPS) is 29.2. The molecule has 0 aromatic heterocycles. The average molecular weight is 525 g/mol. The number of amides is 3. The minimum absolute atomic E-state index is 0.00552. The van der Waals surface area contributed by atoms with Crippen molar-refractivity contribution < 1.29 is 28.7 Å². The van der Waals surface area contributed by atoms with Gasteiger partial charge in [-0.1, -0.05) is 33.8 Å². The van der Waals surface area contributed by atoms with E-state index in [1.54, 1.807) is 19.1 Å². The molecule has 3 rings (SSSR count). The molecule has 3 aliphatic rings. The van der Waals surface area contributed by atoms with E-state index in [4.69, 9.17) is 26.8 Å². The van der Waals surface area contributed by atoms with Crippen LogP contribution in [0.25, 0.3) is 0 Å². The largest absolute Gasteiger partial charge is 0.433 e. The van der Waals surface area contributed by atoms with Gasteiger partial charge in [0.1, 0.15) is 18.1 Å². The predicted molar refractivity (Wildman–Crippen MR) is 133 cm³/mol. The van der Waals surface area contributed by atoms with Crippen LogP contribution in [0.15, 0.2) is 23.4 Å². The first kappa shape index (κ1) is 28.0. The molecule has 1 aliphatic carbocycles. The molecule has 0 bridgehead atoms. The Labute approximate surface area is 216 Å². The number of alkyl halides is 1. The molecule has 2 heterocycles. The number of nitrogens with one attached hydrogen (secondary N) is 2. The molecule has 11 heteroatoms. The second kappa shape index (κ2) is 11.2. The molecule has 2 aliphatic heterocycles. The van der Waals surface area contributed by atoms with Crippen molar-refractivity contribution in [1.82, 2.24) is 15.5 Å². The molecular weight excluding hydrogens is 488 g/mol. The Hall–Kier alpha value is -2.59. The Morgan fingerprint density at radius 2 is 2.00 bits per heavy atom. The summed E-state index contributed by atoms with van der Waals surface area (Å²) in [5.74, 6) is -1.88. The zero-order chi connectivity index (χ0) is 26.8. The Morgan fingerprint density at radius 3 is 2.64 bits per heavy atom. The van der Waals surface area contributed by atoms with Crippen molar-refractivity contribution in [3.63, 3.8) is 0 Å². The lowest BCUT2D eigenvalue weighted by atomic mass is 9.84. The lowest BCUT2D eigenvalue weighted by Gasteiger charge is -2.36. The number of nitrogens with zero attached hydrogens (tertiary/aromatic N) is 1. The maximum absolute atomic E-state index is 13.7. The van der Waals surface area contributed by atoms with Crippen LogP contribution in [-0.2, 0) is 28.7 Å². The number of halogens is 1. The lowest BCUT2D eigenvalue weighted by molar-refractivity contribution is -0.164. The molecule has 4 N–H and O–H groups in total. The van der Waals surface area contributed by atoms with Crippen molar-refractivity contribution in [2.45, 2.75) is 83.7 Å². The van der Waals surface area contributed by atoms with Crippen molar-refractivity contribution in [2.75, 3.05) is 13.2 Å². The lowest BCUT2D eigenvalue weighted by Crippen LogP contribution is -2.59. The summed E-state index contributed by atoms with van der Waals surface area (Å²) in [6.07, 6.45) is 3.51. The van der Waals surface area contributed by atoms with Gasteiger partial charge in [0.2, 0.25) is 24.0 Å². The second-order valence-corrected chi connectivity index (χ2v) is 11.0. The molecule has 6 atom stereocenters. The van der Waals surface area contributed by atoms with Crippen molar-refractivity contribution in [1.29, 1.82) is 0 Å². The summed E-state index contributed by atoms with van der Waals surface area (Å²) in [7, 11) is 0. The predicted octanol–water partition coefficient (Wildman–Crippen LogP) is 1.33. The molecule has 0 aromatic carbocycles. The van der Waals surface area contributed by atoms with Crippen LogP contribution < -0.4 is 16.4 Å². The van der Waals surface area contributed by atoms with Gasteiger partial charge in [0.25, 0.3) is 0 Å². The summed E-state index contributed by atoms with van der Waals surface area (Å²) in [6.45, 7) is 9.86. The SMILES string of the molecule is CCOC1OC(=O)CC1NC(=O)C1CCCN1C(=O)C(NC(=O)C1=CC=C(N)C(Cl)C1C)C(C)(C)C. The molecular formula is C25H37ClN4O6. The van der Waals surface area contributed by atoms with Crippen LogP contribution in [0.3, 0.4) is 0 Å². The number of hydrogen-bond donors (Lipinski definition) is 3. The average Bonchev–Trinajstić information content (AvgIpc) is 3.41. The van der Waals surface area contributed by atoms with Crippen molar-refractivity contribution in [2.24, 2.45) is 17.1 Å². The van der Waals surface area contributed by atoms with E-state index in [2.05, 4.69) is 10.6 Å². The van der Waals surface area contributed by atoms with E-state index in [-0.39, 0.29) is 24.2 Å². The number of carbonyl (C=O) groups excluding carboxylic acids is 4. The molecule has 6 unspecified atom stereocenters. The Kier molecular flexibility index (Phi) is 8.71. The zero-order valence-electron chi connectivity index (χ0n) is 21.5. The van der Waals surface area contributed by atoms with Crippen LogP contribution in [0.5, 0.6) is 0 Å². The van der Waals surface area contributed by atoms with Gasteiger partial charge in [-0.05, 0) is 31.3 Å². The van der Waals surface area contributed by atoms with Crippen LogP contribution in [0, 0.1) is 11.3 Å². The number of likely N-dealkylation sites (tertiary alicyclic amines) is 1. The summed E-state index contributed by atoms with van der Waals surface area (Å²) in [5, 5.41) is 5.20. The summed E-state index contributed by atoms with van der Waals surface area (Å²) < 4.78 is 10.5. The number of rotatable bonds is 7. The third kappa shape index (κ3) is 6.03. The van der Waals surface area contributed by atoms with Gasteiger partial charge in [-0.3, -0.25) is 19.2 Å². The van der Waals surface area contributed by atoms with Crippen LogP contribution in [-0.4, -0.2) is 71.5 Å². The highest BCUT2D eigenvalue weighted by Crippen LogP contribution is 2.30. The van der Waals surface area contributed by atoms with E-state index >= 15 is 0 Å². The third-order valence-corrected chi connectivity index (χ3v) is 7.44. The van der Waals surface area contributed by atoms with Gasteiger partial charge in [0, 0.05) is 30.3 Å². The molecule has 0 spiro atoms. The number of hydrogen-bond acceptors (Lipinski definition) is 7. The van der Waals surface area contributed by atoms with Crippen molar-refractivity contribution in [3.8, 4) is 0 Å². The molecule has 10 nitrogen and oxygen atoms in total. The van der Waals surface area contributed by atoms with Crippen LogP contribution in [0.4, 0.5) is 0 Å². The Morgan fingerprint density at radius 1 is 1.31 bits per heavy atom. The van der Waals surface area contributed by atoms with Crippen LogP contribution in [0.2, 0.25) is 0 Å². The molecule has 0 aromatic rings. The van der Waals surface area contributed by atoms with Gasteiger partial charge >= 0.3 is 5.97 Å². The number of ether oxygens (including phenoxy) is 2. The van der Waals surface area contributed by atoms with E-state index in [1.165, 1.54) is 4.90 Å². The molecule has 2 fully saturated rings. The zero-order valence-corrected chi connectivity index (χ0v) is 22.3. The van der Waals surface area contributed by atoms with E-state index < -0.39 is 47.1 Å². The fourth-order valence-corrected chi connectivity index (χ4v) is 4.95. The maximum atomic E-state index is 13.7. The summed E-state index contributed by atoms with van der Waals surface area (Å²) >= 11 is 6.34. The highest BCUT2D eigenvalue weighted by molar-refractivity contribution is 6.23. The number of carbonyl (C=O) groups is 4. The molecule has 2 saturated heterocycles. The molecule has 0 saturated carbocycles. The van der Waals surface area contributed by atoms with Crippen LogP contribution >= 0.6 is 11.6 Å². The summed E-state index contributed by atoms with van der Waals surface area (Å²) in [5.41, 5.74) is 6.18. The number of nitrogens with two attached hydrogens (primary N) is 1. The Balaban J connectivity index is 1.74. The van der Waals surface area contributed by atoms with Gasteiger partial charge in [-0.15, -0.1) is 11.6 Å². The van der Waals surface area contributed by atoms with Crippen LogP contribution in [0.1, 0.15) is 53.9 Å². The van der Waals surface area contributed by atoms with E-state index in [9.17, 15) is 19.2 Å². The van der Waals surface area contributed by atoms with Crippen molar-refractivity contribution in [3.05, 3.63) is 23.4 Å². The van der Waals surface area contributed by atoms with E-state index in [0.717, 1.165) is 0 Å². The van der Waals surface area contributed by atoms with E-state index in [0.29, 0.717) is 37.3 Å². The van der Waals surface area contributed by atoms with Gasteiger partial charge in [-0.25, -0.2) is 0 Å². The number of cyclic esters (lactones) is 1. The minimum Gasteiger partial charge on any atom is -0.433 e. The third-order valence-electron chi connectivity index (χ3n) is 6.81. The van der Waals surface area contributed by atoms with Gasteiger partial charge in [0.15, 0.2) is 0 Å². The van der Waals surface area contributed by atoms with Gasteiger partial charge < -0.3 is 30.7 Å². The highest BCUT2D eigenvalue weighted by atomic mass is 35.5. The molecule has 3 amide bonds. The number of allylic oxidation sites excluding steroid dienone is 3. The van der Waals surface area contributed by atoms with Crippen molar-refractivity contribution >= 4 is 35.3 Å². The van der Waals surface area contributed by atoms with Gasteiger partial charge in [-0.2, -0.15) is 0 Å². The first-order valence-corrected chi connectivity index (χ1v) is 12.8. The Bertz CT molecular complexity index is 959. The minimum atomic E-state index is -0.879. The quantitative estimate of drug-likeness (QED) is 0.337. The maximum Gasteiger partial charge on any atom is 0.310 e. The number of esters is 1. The fraction of sp³-hybridized carbons (Fsp3) is 0.680. The summed E-state index contributed by atoms with van der Waals surface area (Å²) in [6, 6.07) is -2.22. The highest BCUT2D eigenvalue weighted by Gasteiger charge is 2.44. The topological polar surface area (TPSA) is 140 Å². The first-order valence-electron chi connectivity index (χ1n) is 12.4. The fourth-order valence-electron chi connectivity index (χ4n) is 4.74. The standard InChI is InChI=1S/C25H37ClN4O6/c1-6-35-24-16(12-18(31)36-24)28-22(33)17-8-7-11-30(17)23(34)20(25(3,4)5)29-21(32)14-9-10-15(27)19(26)13(14)2/h9-10,13,16-17,19-20,24H,6-8,11-12,27H2,1-5H3,(H,28,33)(H,29,32). The van der Waals surface area contributed by atoms with Gasteiger partial charge in [0.05, 0.1) is 11.8 Å². The smallest absolute Gasteiger partial charge is 0.310 e. The van der Waals surface area contributed by atoms with E-state index in [1.807, 2.05) is 27.7 Å². The summed E-state index contributed by atoms with van der Waals surface area (Å²) in [4.78, 5) is 53.3. The monoisotopic (exact) mass is 524 g/mol. The second-order valence-electron chi connectivity index (χ2n) is 10.6. The first-order chi connectivity index (χ1) is 16.8. The molecule has 36 heavy (non-hydrogen) atoms. The molecule has 200 valence electrons. The molecule has 0 radical (unpaired) electrons.